The van der Waals surface area contributed by atoms with Crippen molar-refractivity contribution in [3.63, 3.8) is 0 Å². The third-order valence-corrected chi connectivity index (χ3v) is 5.68. The fraction of sp³-hybridized carbons (Fsp3) is 0.476. The van der Waals surface area contributed by atoms with E-state index in [1.54, 1.807) is 0 Å². The van der Waals surface area contributed by atoms with E-state index >= 15 is 0 Å². The maximum Gasteiger partial charge on any atom is 0.416 e. The van der Waals surface area contributed by atoms with Crippen LogP contribution in [-0.2, 0) is 19.0 Å². The van der Waals surface area contributed by atoms with Crippen molar-refractivity contribution in [1.82, 2.24) is 15.5 Å². The third-order valence-electron chi connectivity index (χ3n) is 5.68. The summed E-state index contributed by atoms with van der Waals surface area (Å²) < 4.78 is 37.8. The van der Waals surface area contributed by atoms with Crippen LogP contribution in [0.4, 0.5) is 29.5 Å². The first-order valence-electron chi connectivity index (χ1n) is 10.2. The van der Waals surface area contributed by atoms with E-state index in [-0.39, 0.29) is 6.04 Å². The van der Waals surface area contributed by atoms with Gasteiger partial charge in [0.05, 0.1) is 11.3 Å². The normalized spacial score (nSPS) is 17.4. The number of carbonyl (C=O) groups is 1. The van der Waals surface area contributed by atoms with E-state index in [4.69, 9.17) is 0 Å². The maximum atomic E-state index is 12.6. The number of rotatable bonds is 3. The maximum absolute atomic E-state index is 12.6. The summed E-state index contributed by atoms with van der Waals surface area (Å²) in [5.74, 6) is 0.892. The molecule has 1 fully saturated rings. The number of piperidine rings is 1. The lowest BCUT2D eigenvalue weighted by atomic mass is 9.96. The van der Waals surface area contributed by atoms with Crippen LogP contribution < -0.4 is 15.5 Å². The molecule has 1 saturated heterocycles. The summed E-state index contributed by atoms with van der Waals surface area (Å²) in [4.78, 5) is 14.4. The molecule has 1 aromatic heterocycles. The Bertz CT molecular complexity index is 893. The molecule has 0 saturated carbocycles. The lowest BCUT2D eigenvalue weighted by Gasteiger charge is -2.33. The fourth-order valence-electron chi connectivity index (χ4n) is 3.98. The van der Waals surface area contributed by atoms with Gasteiger partial charge in [-0.25, -0.2) is 4.79 Å². The molecule has 0 bridgehead atoms. The van der Waals surface area contributed by atoms with Crippen molar-refractivity contribution < 1.29 is 18.0 Å². The highest BCUT2D eigenvalue weighted by atomic mass is 19.4. The Morgan fingerprint density at radius 2 is 1.73 bits per heavy atom. The fourth-order valence-corrected chi connectivity index (χ4v) is 3.98. The van der Waals surface area contributed by atoms with Crippen molar-refractivity contribution in [3.05, 3.63) is 47.2 Å². The van der Waals surface area contributed by atoms with Gasteiger partial charge in [0.15, 0.2) is 5.82 Å². The number of halogens is 3. The minimum absolute atomic E-state index is 0.00119. The SMILES string of the molecule is O=C(Nc1ccc(C(F)(F)F)cc1)NC1CCN(c2cc3c(nn2)CCCC3)CC1. The minimum Gasteiger partial charge on any atom is -0.355 e. The second-order valence-electron chi connectivity index (χ2n) is 7.82. The summed E-state index contributed by atoms with van der Waals surface area (Å²) in [5.41, 5.74) is 1.98. The number of urea groups is 1. The predicted molar refractivity (Wildman–Crippen MR) is 108 cm³/mol. The van der Waals surface area contributed by atoms with Crippen LogP contribution in [0.25, 0.3) is 0 Å². The lowest BCUT2D eigenvalue weighted by molar-refractivity contribution is -0.137. The van der Waals surface area contributed by atoms with E-state index in [1.807, 2.05) is 0 Å². The van der Waals surface area contributed by atoms with Gasteiger partial charge in [0, 0.05) is 24.8 Å². The summed E-state index contributed by atoms with van der Waals surface area (Å²) in [7, 11) is 0. The average Bonchev–Trinajstić information content (AvgIpc) is 2.73. The van der Waals surface area contributed by atoms with Gasteiger partial charge in [0.1, 0.15) is 0 Å². The number of nitrogens with one attached hydrogen (secondary N) is 2. The zero-order valence-corrected chi connectivity index (χ0v) is 16.5. The number of amides is 2. The van der Waals surface area contributed by atoms with Crippen LogP contribution in [0.15, 0.2) is 30.3 Å². The molecule has 2 aliphatic rings. The predicted octanol–water partition coefficient (Wildman–Crippen LogP) is 4.16. The standard InChI is InChI=1S/C21H24F3N5O/c22-21(23,24)15-5-7-16(8-6-15)25-20(30)26-17-9-11-29(12-10-17)19-13-14-3-1-2-4-18(14)27-28-19/h5-8,13,17H,1-4,9-12H2,(H2,25,26,30). The highest BCUT2D eigenvalue weighted by Gasteiger charge is 2.30. The van der Waals surface area contributed by atoms with E-state index < -0.39 is 17.8 Å². The van der Waals surface area contributed by atoms with E-state index in [0.29, 0.717) is 5.69 Å². The van der Waals surface area contributed by atoms with Crippen LogP contribution in [0.5, 0.6) is 0 Å². The quantitative estimate of drug-likeness (QED) is 0.784. The largest absolute Gasteiger partial charge is 0.416 e. The molecule has 2 amide bonds. The molecule has 0 spiro atoms. The minimum atomic E-state index is -4.39. The molecule has 9 heteroatoms. The van der Waals surface area contributed by atoms with Crippen LogP contribution in [0.2, 0.25) is 0 Å². The topological polar surface area (TPSA) is 70.2 Å². The number of aromatic nitrogens is 2. The lowest BCUT2D eigenvalue weighted by Crippen LogP contribution is -2.46. The second kappa shape index (κ2) is 8.49. The molecule has 0 radical (unpaired) electrons. The van der Waals surface area contributed by atoms with Crippen molar-refractivity contribution in [3.8, 4) is 0 Å². The van der Waals surface area contributed by atoms with Crippen LogP contribution in [-0.4, -0.2) is 35.4 Å². The Kier molecular flexibility index (Phi) is 5.78. The number of aryl methyl sites for hydroxylation is 2. The highest BCUT2D eigenvalue weighted by molar-refractivity contribution is 5.89. The molecule has 0 unspecified atom stereocenters. The van der Waals surface area contributed by atoms with Crippen molar-refractivity contribution in [2.24, 2.45) is 0 Å². The molecule has 30 heavy (non-hydrogen) atoms. The van der Waals surface area contributed by atoms with Gasteiger partial charge in [-0.2, -0.15) is 18.3 Å². The molecule has 2 heterocycles. The monoisotopic (exact) mass is 419 g/mol. The number of nitrogens with zero attached hydrogens (tertiary/aromatic N) is 3. The zero-order chi connectivity index (χ0) is 21.1. The average molecular weight is 419 g/mol. The molecule has 2 N–H and O–H groups in total. The van der Waals surface area contributed by atoms with Crippen LogP contribution in [0, 0.1) is 0 Å². The first-order chi connectivity index (χ1) is 14.4. The molecule has 1 aliphatic carbocycles. The van der Waals surface area contributed by atoms with E-state index in [1.165, 1.54) is 30.5 Å². The van der Waals surface area contributed by atoms with Gasteiger partial charge in [0.25, 0.3) is 0 Å². The molecule has 1 aliphatic heterocycles. The number of anilines is 2. The summed E-state index contributed by atoms with van der Waals surface area (Å²) in [6.07, 6.45) is 1.56. The van der Waals surface area contributed by atoms with Crippen molar-refractivity contribution in [2.45, 2.75) is 50.7 Å². The van der Waals surface area contributed by atoms with Gasteiger partial charge in [-0.15, -0.1) is 5.10 Å². The van der Waals surface area contributed by atoms with Gasteiger partial charge >= 0.3 is 12.2 Å². The Morgan fingerprint density at radius 3 is 2.43 bits per heavy atom. The number of fused-ring (bicyclic) bond motifs is 1. The van der Waals surface area contributed by atoms with Crippen molar-refractivity contribution in [1.29, 1.82) is 0 Å². The molecule has 1 aromatic carbocycles. The second-order valence-corrected chi connectivity index (χ2v) is 7.82. The number of hydrogen-bond donors (Lipinski definition) is 2. The summed E-state index contributed by atoms with van der Waals surface area (Å²) in [6.45, 7) is 1.53. The van der Waals surface area contributed by atoms with Crippen molar-refractivity contribution in [2.75, 3.05) is 23.3 Å². The third kappa shape index (κ3) is 4.83. The molecular formula is C21H24F3N5O. The summed E-state index contributed by atoms with van der Waals surface area (Å²) in [6, 6.07) is 6.14. The molecule has 160 valence electrons. The van der Waals surface area contributed by atoms with E-state index in [9.17, 15) is 18.0 Å². The number of hydrogen-bond acceptors (Lipinski definition) is 4. The van der Waals surface area contributed by atoms with Crippen LogP contribution in [0.1, 0.15) is 42.5 Å². The molecule has 4 rings (SSSR count). The van der Waals surface area contributed by atoms with Gasteiger partial charge in [-0.3, -0.25) is 0 Å². The number of benzene rings is 1. The highest BCUT2D eigenvalue weighted by Crippen LogP contribution is 2.30. The molecule has 2 aromatic rings. The Labute approximate surface area is 172 Å². The first kappa shape index (κ1) is 20.4. The van der Waals surface area contributed by atoms with Gasteiger partial charge < -0.3 is 15.5 Å². The number of alkyl halides is 3. The van der Waals surface area contributed by atoms with Gasteiger partial charge in [0.2, 0.25) is 0 Å². The zero-order valence-electron chi connectivity index (χ0n) is 16.5. The van der Waals surface area contributed by atoms with E-state index in [2.05, 4.69) is 31.8 Å². The summed E-state index contributed by atoms with van der Waals surface area (Å²) in [5, 5.41) is 14.3. The van der Waals surface area contributed by atoms with Crippen LogP contribution in [0.3, 0.4) is 0 Å². The van der Waals surface area contributed by atoms with Crippen molar-refractivity contribution >= 4 is 17.5 Å². The Morgan fingerprint density at radius 1 is 1.03 bits per heavy atom. The molecule has 0 atom stereocenters. The Balaban J connectivity index is 1.27. The first-order valence-corrected chi connectivity index (χ1v) is 10.2. The van der Waals surface area contributed by atoms with Crippen LogP contribution >= 0.6 is 0 Å². The van der Waals surface area contributed by atoms with E-state index in [0.717, 1.165) is 62.4 Å². The number of carbonyl (C=O) groups excluding carboxylic acids is 1. The molecular weight excluding hydrogens is 395 g/mol. The van der Waals surface area contributed by atoms with Gasteiger partial charge in [-0.1, -0.05) is 0 Å². The Hall–Kier alpha value is -2.84. The van der Waals surface area contributed by atoms with Gasteiger partial charge in [-0.05, 0) is 74.4 Å². The smallest absolute Gasteiger partial charge is 0.355 e. The summed E-state index contributed by atoms with van der Waals surface area (Å²) >= 11 is 0. The molecule has 6 nitrogen and oxygen atoms in total.